The van der Waals surface area contributed by atoms with Gasteiger partial charge in [0.1, 0.15) is 11.5 Å². The van der Waals surface area contributed by atoms with Crippen LogP contribution in [0.4, 0.5) is 0 Å². The Labute approximate surface area is 106 Å². The number of phenols is 2. The van der Waals surface area contributed by atoms with Gasteiger partial charge in [0.25, 0.3) is 0 Å². The van der Waals surface area contributed by atoms with Gasteiger partial charge in [-0.25, -0.2) is 0 Å². The molecular formula is C12H17O5P. The second-order valence-corrected chi connectivity index (χ2v) is 6.78. The average molecular weight is 272 g/mol. The molecule has 1 aliphatic rings. The molecule has 100 valence electrons. The van der Waals surface area contributed by atoms with Crippen molar-refractivity contribution in [2.24, 2.45) is 5.92 Å². The van der Waals surface area contributed by atoms with E-state index in [-0.39, 0.29) is 23.6 Å². The van der Waals surface area contributed by atoms with Gasteiger partial charge in [-0.2, -0.15) is 0 Å². The molecule has 1 saturated heterocycles. The molecule has 1 aliphatic heterocycles. The number of hydrogen-bond donors (Lipinski definition) is 2. The maximum Gasteiger partial charge on any atom is 0.331 e. The molecule has 0 atom stereocenters. The zero-order valence-corrected chi connectivity index (χ0v) is 11.1. The second kappa shape index (κ2) is 5.31. The van der Waals surface area contributed by atoms with Gasteiger partial charge >= 0.3 is 7.60 Å². The Hall–Kier alpha value is -1.03. The van der Waals surface area contributed by atoms with E-state index in [2.05, 4.69) is 0 Å². The minimum Gasteiger partial charge on any atom is -0.508 e. The fraction of sp³-hybridized carbons (Fsp3) is 0.500. The van der Waals surface area contributed by atoms with Crippen LogP contribution >= 0.6 is 7.60 Å². The molecule has 0 radical (unpaired) electrons. The number of phenolic OH excluding ortho intramolecular Hbond substituents is 2. The lowest BCUT2D eigenvalue weighted by Gasteiger charge is -2.26. The minimum atomic E-state index is -3.02. The lowest BCUT2D eigenvalue weighted by molar-refractivity contribution is 0.101. The molecular weight excluding hydrogens is 255 g/mol. The molecule has 2 rings (SSSR count). The summed E-state index contributed by atoms with van der Waals surface area (Å²) >= 11 is 0. The van der Waals surface area contributed by atoms with Gasteiger partial charge in [-0.3, -0.25) is 4.57 Å². The molecule has 0 unspecified atom stereocenters. The zero-order chi connectivity index (χ0) is 13.2. The van der Waals surface area contributed by atoms with Crippen LogP contribution in [0, 0.1) is 5.92 Å². The Bertz CT molecular complexity index is 462. The molecule has 5 nitrogen and oxygen atoms in total. The van der Waals surface area contributed by atoms with Crippen molar-refractivity contribution in [1.82, 2.24) is 0 Å². The van der Waals surface area contributed by atoms with E-state index in [1.165, 1.54) is 12.1 Å². The van der Waals surface area contributed by atoms with Crippen LogP contribution in [0.3, 0.4) is 0 Å². The summed E-state index contributed by atoms with van der Waals surface area (Å²) < 4.78 is 22.7. The first kappa shape index (κ1) is 13.4. The van der Waals surface area contributed by atoms with Gasteiger partial charge < -0.3 is 19.3 Å². The number of aromatic hydroxyl groups is 2. The van der Waals surface area contributed by atoms with E-state index in [0.717, 1.165) is 0 Å². The maximum atomic E-state index is 12.2. The van der Waals surface area contributed by atoms with Crippen LogP contribution < -0.4 is 0 Å². The van der Waals surface area contributed by atoms with Crippen molar-refractivity contribution >= 4 is 7.60 Å². The molecule has 1 aromatic rings. The summed E-state index contributed by atoms with van der Waals surface area (Å²) in [5.41, 5.74) is 0.619. The first-order valence-corrected chi connectivity index (χ1v) is 7.60. The van der Waals surface area contributed by atoms with Gasteiger partial charge in [0.15, 0.2) is 0 Å². The van der Waals surface area contributed by atoms with Gasteiger partial charge in [0.05, 0.1) is 19.4 Å². The summed E-state index contributed by atoms with van der Waals surface area (Å²) in [6, 6.07) is 4.34. The lowest BCUT2D eigenvalue weighted by atomic mass is 10.1. The average Bonchev–Trinajstić information content (AvgIpc) is 2.32. The zero-order valence-electron chi connectivity index (χ0n) is 10.2. The SMILES string of the molecule is CC1COP(=O)(CCc2ccc(O)cc2O)OC1. The molecule has 0 saturated carbocycles. The quantitative estimate of drug-likeness (QED) is 0.827. The smallest absolute Gasteiger partial charge is 0.331 e. The predicted molar refractivity (Wildman–Crippen MR) is 67.0 cm³/mol. The second-order valence-electron chi connectivity index (χ2n) is 4.59. The van der Waals surface area contributed by atoms with Crippen LogP contribution in [-0.2, 0) is 20.0 Å². The van der Waals surface area contributed by atoms with E-state index in [9.17, 15) is 14.8 Å². The number of rotatable bonds is 3. The Balaban J connectivity index is 1.97. The highest BCUT2D eigenvalue weighted by Gasteiger charge is 2.30. The van der Waals surface area contributed by atoms with E-state index in [4.69, 9.17) is 9.05 Å². The van der Waals surface area contributed by atoms with Gasteiger partial charge in [-0.15, -0.1) is 0 Å². The van der Waals surface area contributed by atoms with Crippen molar-refractivity contribution in [3.8, 4) is 11.5 Å². The Morgan fingerprint density at radius 2 is 2.00 bits per heavy atom. The van der Waals surface area contributed by atoms with Crippen molar-refractivity contribution in [3.05, 3.63) is 23.8 Å². The summed E-state index contributed by atoms with van der Waals surface area (Å²) in [5, 5.41) is 18.8. The Morgan fingerprint density at radius 3 is 2.61 bits per heavy atom. The molecule has 0 spiro atoms. The molecule has 0 aliphatic carbocycles. The number of aryl methyl sites for hydroxylation is 1. The first-order chi connectivity index (χ1) is 8.48. The molecule has 6 heteroatoms. The summed E-state index contributed by atoms with van der Waals surface area (Å²) in [6.45, 7) is 2.85. The van der Waals surface area contributed by atoms with Crippen molar-refractivity contribution in [3.63, 3.8) is 0 Å². The van der Waals surface area contributed by atoms with Crippen LogP contribution in [0.25, 0.3) is 0 Å². The highest BCUT2D eigenvalue weighted by molar-refractivity contribution is 7.53. The fourth-order valence-corrected chi connectivity index (χ4v) is 3.53. The summed E-state index contributed by atoms with van der Waals surface area (Å²) in [5.74, 6) is 0.253. The van der Waals surface area contributed by atoms with E-state index in [0.29, 0.717) is 25.2 Å². The van der Waals surface area contributed by atoms with E-state index in [1.807, 2.05) is 6.92 Å². The molecule has 0 aromatic heterocycles. The standard InChI is InChI=1S/C12H17O5P/c1-9-7-16-18(15,17-8-9)5-4-10-2-3-11(13)6-12(10)14/h2-3,6,9,13-14H,4-5,7-8H2,1H3. The van der Waals surface area contributed by atoms with E-state index in [1.54, 1.807) is 6.07 Å². The van der Waals surface area contributed by atoms with Crippen molar-refractivity contribution in [1.29, 1.82) is 0 Å². The first-order valence-electron chi connectivity index (χ1n) is 5.87. The van der Waals surface area contributed by atoms with Gasteiger partial charge in [-0.05, 0) is 18.1 Å². The molecule has 0 bridgehead atoms. The maximum absolute atomic E-state index is 12.2. The summed E-state index contributed by atoms with van der Waals surface area (Å²) in [4.78, 5) is 0. The van der Waals surface area contributed by atoms with Crippen LogP contribution in [0.5, 0.6) is 11.5 Å². The van der Waals surface area contributed by atoms with Gasteiger partial charge in [-0.1, -0.05) is 13.0 Å². The summed E-state index contributed by atoms with van der Waals surface area (Å²) in [7, 11) is -3.02. The van der Waals surface area contributed by atoms with Crippen molar-refractivity contribution in [2.75, 3.05) is 19.4 Å². The largest absolute Gasteiger partial charge is 0.508 e. The molecule has 18 heavy (non-hydrogen) atoms. The monoisotopic (exact) mass is 272 g/mol. The van der Waals surface area contributed by atoms with E-state index >= 15 is 0 Å². The Kier molecular flexibility index (Phi) is 3.95. The van der Waals surface area contributed by atoms with Gasteiger partial charge in [0, 0.05) is 12.0 Å². The highest BCUT2D eigenvalue weighted by atomic mass is 31.2. The van der Waals surface area contributed by atoms with Crippen LogP contribution in [0.2, 0.25) is 0 Å². The van der Waals surface area contributed by atoms with Crippen molar-refractivity contribution in [2.45, 2.75) is 13.3 Å². The molecule has 2 N–H and O–H groups in total. The number of benzene rings is 1. The highest BCUT2D eigenvalue weighted by Crippen LogP contribution is 2.51. The van der Waals surface area contributed by atoms with Crippen LogP contribution in [-0.4, -0.2) is 29.6 Å². The molecule has 1 aromatic carbocycles. The number of hydrogen-bond acceptors (Lipinski definition) is 5. The predicted octanol–water partition coefficient (Wildman–Crippen LogP) is 2.52. The third-order valence-electron chi connectivity index (χ3n) is 2.84. The lowest BCUT2D eigenvalue weighted by Crippen LogP contribution is -2.19. The van der Waals surface area contributed by atoms with Gasteiger partial charge in [0.2, 0.25) is 0 Å². The third-order valence-corrected chi connectivity index (χ3v) is 4.69. The molecule has 1 fully saturated rings. The van der Waals surface area contributed by atoms with Crippen LogP contribution in [0.15, 0.2) is 18.2 Å². The van der Waals surface area contributed by atoms with E-state index < -0.39 is 7.60 Å². The molecule has 1 heterocycles. The molecule has 0 amide bonds. The fourth-order valence-electron chi connectivity index (χ4n) is 1.72. The topological polar surface area (TPSA) is 76.0 Å². The third kappa shape index (κ3) is 3.25. The minimum absolute atomic E-state index is 0.00174. The normalized spacial score (nSPS) is 28.2. The van der Waals surface area contributed by atoms with Crippen LogP contribution in [0.1, 0.15) is 12.5 Å². The summed E-state index contributed by atoms with van der Waals surface area (Å²) in [6.07, 6.45) is 0.621. The van der Waals surface area contributed by atoms with Crippen molar-refractivity contribution < 1.29 is 23.8 Å². The Morgan fingerprint density at radius 1 is 1.33 bits per heavy atom.